The quantitative estimate of drug-likeness (QED) is 0.898. The standard InChI is InChI=1S/C14H17ClN2O3/c1-9-4-2-3-6-14(9,13(19)20)17-12(18)10-8-16-7-5-11(10)15/h5,7-9H,2-4,6H2,1H3,(H,17,18)(H,19,20). The van der Waals surface area contributed by atoms with Crippen molar-refractivity contribution in [3.05, 3.63) is 29.0 Å². The Hall–Kier alpha value is -1.62. The average molecular weight is 297 g/mol. The fraction of sp³-hybridized carbons (Fsp3) is 0.500. The number of nitrogens with zero attached hydrogens (tertiary/aromatic N) is 1. The maximum Gasteiger partial charge on any atom is 0.329 e. The van der Waals surface area contributed by atoms with Crippen molar-refractivity contribution >= 4 is 23.5 Å². The van der Waals surface area contributed by atoms with Gasteiger partial charge in [0.05, 0.1) is 10.6 Å². The molecule has 1 aromatic heterocycles. The van der Waals surface area contributed by atoms with Crippen molar-refractivity contribution in [2.45, 2.75) is 38.1 Å². The van der Waals surface area contributed by atoms with Crippen LogP contribution in [0.2, 0.25) is 5.02 Å². The number of carbonyl (C=O) groups is 2. The van der Waals surface area contributed by atoms with E-state index < -0.39 is 17.4 Å². The van der Waals surface area contributed by atoms with Crippen molar-refractivity contribution in [3.8, 4) is 0 Å². The van der Waals surface area contributed by atoms with Gasteiger partial charge < -0.3 is 10.4 Å². The Bertz CT molecular complexity index is 535. The van der Waals surface area contributed by atoms with Crippen molar-refractivity contribution in [2.24, 2.45) is 5.92 Å². The monoisotopic (exact) mass is 296 g/mol. The summed E-state index contributed by atoms with van der Waals surface area (Å²) in [5, 5.41) is 12.5. The van der Waals surface area contributed by atoms with Gasteiger partial charge in [-0.1, -0.05) is 31.4 Å². The van der Waals surface area contributed by atoms with Crippen LogP contribution in [0.5, 0.6) is 0 Å². The minimum absolute atomic E-state index is 0.117. The van der Waals surface area contributed by atoms with Crippen LogP contribution in [0.3, 0.4) is 0 Å². The second-order valence-electron chi connectivity index (χ2n) is 5.23. The maximum atomic E-state index is 12.3. The van der Waals surface area contributed by atoms with Gasteiger partial charge in [0.15, 0.2) is 0 Å². The van der Waals surface area contributed by atoms with E-state index in [9.17, 15) is 14.7 Å². The van der Waals surface area contributed by atoms with Crippen LogP contribution in [0.4, 0.5) is 0 Å². The van der Waals surface area contributed by atoms with Crippen molar-refractivity contribution in [1.82, 2.24) is 10.3 Å². The van der Waals surface area contributed by atoms with Crippen molar-refractivity contribution in [2.75, 3.05) is 0 Å². The maximum absolute atomic E-state index is 12.3. The third-order valence-electron chi connectivity index (χ3n) is 4.03. The summed E-state index contributed by atoms with van der Waals surface area (Å²) in [6, 6.07) is 1.51. The number of halogens is 1. The highest BCUT2D eigenvalue weighted by Crippen LogP contribution is 2.34. The summed E-state index contributed by atoms with van der Waals surface area (Å²) >= 11 is 5.95. The molecule has 1 heterocycles. The molecule has 1 aliphatic carbocycles. The molecule has 6 heteroatoms. The Kier molecular flexibility index (Phi) is 4.28. The van der Waals surface area contributed by atoms with Gasteiger partial charge in [0.2, 0.25) is 0 Å². The molecule has 5 nitrogen and oxygen atoms in total. The molecule has 2 atom stereocenters. The van der Waals surface area contributed by atoms with Gasteiger partial charge >= 0.3 is 5.97 Å². The van der Waals surface area contributed by atoms with E-state index in [2.05, 4.69) is 10.3 Å². The number of amides is 1. The molecule has 0 aromatic carbocycles. The van der Waals surface area contributed by atoms with E-state index in [1.54, 1.807) is 0 Å². The molecule has 20 heavy (non-hydrogen) atoms. The lowest BCUT2D eigenvalue weighted by Gasteiger charge is -2.39. The highest BCUT2D eigenvalue weighted by atomic mass is 35.5. The van der Waals surface area contributed by atoms with E-state index in [4.69, 9.17) is 11.6 Å². The molecule has 0 aliphatic heterocycles. The lowest BCUT2D eigenvalue weighted by molar-refractivity contribution is -0.148. The van der Waals surface area contributed by atoms with Crippen LogP contribution >= 0.6 is 11.6 Å². The lowest BCUT2D eigenvalue weighted by Crippen LogP contribution is -2.60. The molecule has 2 unspecified atom stereocenters. The van der Waals surface area contributed by atoms with Gasteiger partial charge in [0, 0.05) is 12.4 Å². The van der Waals surface area contributed by atoms with Crippen LogP contribution in [-0.2, 0) is 4.79 Å². The average Bonchev–Trinajstić information content (AvgIpc) is 2.41. The van der Waals surface area contributed by atoms with Crippen molar-refractivity contribution in [1.29, 1.82) is 0 Å². The van der Waals surface area contributed by atoms with Crippen LogP contribution < -0.4 is 5.32 Å². The zero-order valence-corrected chi connectivity index (χ0v) is 12.0. The van der Waals surface area contributed by atoms with Crippen molar-refractivity contribution < 1.29 is 14.7 Å². The first-order valence-corrected chi connectivity index (χ1v) is 7.00. The molecule has 1 fully saturated rings. The summed E-state index contributed by atoms with van der Waals surface area (Å²) in [5.74, 6) is -1.59. The van der Waals surface area contributed by atoms with Crippen LogP contribution in [0.25, 0.3) is 0 Å². The molecular formula is C14H17ClN2O3. The molecular weight excluding hydrogens is 280 g/mol. The SMILES string of the molecule is CC1CCCCC1(NC(=O)c1cnccc1Cl)C(=O)O. The molecule has 2 rings (SSSR count). The van der Waals surface area contributed by atoms with Gasteiger partial charge in [-0.3, -0.25) is 9.78 Å². The zero-order valence-electron chi connectivity index (χ0n) is 11.2. The number of hydrogen-bond donors (Lipinski definition) is 2. The first kappa shape index (κ1) is 14.8. The fourth-order valence-electron chi connectivity index (χ4n) is 2.72. The minimum atomic E-state index is -1.21. The van der Waals surface area contributed by atoms with Gasteiger partial charge in [-0.25, -0.2) is 4.79 Å². The third-order valence-corrected chi connectivity index (χ3v) is 4.36. The molecule has 0 spiro atoms. The number of carboxylic acid groups (broad SMARTS) is 1. The Morgan fingerprint density at radius 1 is 1.50 bits per heavy atom. The second-order valence-corrected chi connectivity index (χ2v) is 5.64. The van der Waals surface area contributed by atoms with Gasteiger partial charge in [-0.15, -0.1) is 0 Å². The van der Waals surface area contributed by atoms with Crippen LogP contribution in [0.1, 0.15) is 43.0 Å². The summed E-state index contributed by atoms with van der Waals surface area (Å²) in [7, 11) is 0. The number of aromatic nitrogens is 1. The lowest BCUT2D eigenvalue weighted by atomic mass is 9.73. The molecule has 2 N–H and O–H groups in total. The Labute approximate surface area is 122 Å². The van der Waals surface area contributed by atoms with Crippen LogP contribution in [0.15, 0.2) is 18.5 Å². The van der Waals surface area contributed by atoms with E-state index in [0.717, 1.165) is 19.3 Å². The smallest absolute Gasteiger partial charge is 0.329 e. The molecule has 1 aliphatic rings. The minimum Gasteiger partial charge on any atom is -0.479 e. The van der Waals surface area contributed by atoms with Gasteiger partial charge in [0.1, 0.15) is 5.54 Å². The number of carbonyl (C=O) groups excluding carboxylic acids is 1. The number of aliphatic carboxylic acids is 1. The topological polar surface area (TPSA) is 79.3 Å². The highest BCUT2D eigenvalue weighted by Gasteiger charge is 2.46. The van der Waals surface area contributed by atoms with E-state index in [1.165, 1.54) is 18.5 Å². The first-order chi connectivity index (χ1) is 9.47. The molecule has 0 bridgehead atoms. The summed E-state index contributed by atoms with van der Waals surface area (Å²) in [5.41, 5.74) is -1.01. The van der Waals surface area contributed by atoms with Crippen LogP contribution in [-0.4, -0.2) is 27.5 Å². The van der Waals surface area contributed by atoms with Crippen molar-refractivity contribution in [3.63, 3.8) is 0 Å². The van der Waals surface area contributed by atoms with Gasteiger partial charge in [0.25, 0.3) is 5.91 Å². The Morgan fingerprint density at radius 2 is 2.25 bits per heavy atom. The van der Waals surface area contributed by atoms with E-state index in [-0.39, 0.29) is 16.5 Å². The number of pyridine rings is 1. The Morgan fingerprint density at radius 3 is 2.85 bits per heavy atom. The Balaban J connectivity index is 2.27. The molecule has 1 saturated carbocycles. The second kappa shape index (κ2) is 5.79. The third kappa shape index (κ3) is 2.63. The highest BCUT2D eigenvalue weighted by molar-refractivity contribution is 6.33. The predicted octanol–water partition coefficient (Wildman–Crippen LogP) is 2.50. The normalized spacial score (nSPS) is 26.0. The zero-order chi connectivity index (χ0) is 14.8. The summed E-state index contributed by atoms with van der Waals surface area (Å²) in [4.78, 5) is 27.8. The van der Waals surface area contributed by atoms with Crippen LogP contribution in [0, 0.1) is 5.92 Å². The number of rotatable bonds is 3. The summed E-state index contributed by atoms with van der Waals surface area (Å²) < 4.78 is 0. The van der Waals surface area contributed by atoms with Gasteiger partial charge in [-0.05, 0) is 24.8 Å². The molecule has 0 saturated heterocycles. The molecule has 1 aromatic rings. The first-order valence-electron chi connectivity index (χ1n) is 6.63. The molecule has 108 valence electrons. The van der Waals surface area contributed by atoms with Gasteiger partial charge in [-0.2, -0.15) is 0 Å². The van der Waals surface area contributed by atoms with E-state index >= 15 is 0 Å². The fourth-order valence-corrected chi connectivity index (χ4v) is 2.91. The van der Waals surface area contributed by atoms with E-state index in [1.807, 2.05) is 6.92 Å². The summed E-state index contributed by atoms with van der Waals surface area (Å²) in [6.07, 6.45) is 5.83. The predicted molar refractivity (Wildman–Crippen MR) is 74.7 cm³/mol. The number of carboxylic acids is 1. The van der Waals surface area contributed by atoms with E-state index in [0.29, 0.717) is 6.42 Å². The molecule has 0 radical (unpaired) electrons. The number of hydrogen-bond acceptors (Lipinski definition) is 3. The molecule has 1 amide bonds. The number of nitrogens with one attached hydrogen (secondary N) is 1. The largest absolute Gasteiger partial charge is 0.479 e. The summed E-state index contributed by atoms with van der Waals surface area (Å²) in [6.45, 7) is 1.86.